The van der Waals surface area contributed by atoms with E-state index in [0.29, 0.717) is 0 Å². The average molecular weight is 1030 g/mol. The van der Waals surface area contributed by atoms with Gasteiger partial charge in [-0.1, -0.05) is 236 Å². The van der Waals surface area contributed by atoms with Crippen molar-refractivity contribution in [3.05, 3.63) is 280 Å². The van der Waals surface area contributed by atoms with Gasteiger partial charge in [0.05, 0.1) is 5.69 Å². The van der Waals surface area contributed by atoms with Crippen LogP contribution in [-0.4, -0.2) is 0 Å². The highest BCUT2D eigenvalue weighted by Crippen LogP contribution is 2.65. The van der Waals surface area contributed by atoms with Gasteiger partial charge in [0.2, 0.25) is 0 Å². The van der Waals surface area contributed by atoms with E-state index < -0.39 is 0 Å². The summed E-state index contributed by atoms with van der Waals surface area (Å²) in [6, 6.07) is 85.6. The molecule has 0 atom stereocenters. The van der Waals surface area contributed by atoms with Crippen molar-refractivity contribution < 1.29 is 0 Å². The molecule has 16 rings (SSSR count). The van der Waals surface area contributed by atoms with Gasteiger partial charge in [0.25, 0.3) is 0 Å². The van der Waals surface area contributed by atoms with Gasteiger partial charge in [-0.15, -0.1) is 0 Å². The van der Waals surface area contributed by atoms with Crippen LogP contribution in [0.4, 0.5) is 17.1 Å². The third-order valence-corrected chi connectivity index (χ3v) is 19.6. The Balaban J connectivity index is 0.961. The van der Waals surface area contributed by atoms with E-state index in [2.05, 4.69) is 271 Å². The van der Waals surface area contributed by atoms with Crippen molar-refractivity contribution in [2.45, 2.75) is 83.5 Å². The summed E-state index contributed by atoms with van der Waals surface area (Å²) < 4.78 is 0. The summed E-state index contributed by atoms with van der Waals surface area (Å²) in [6.07, 6.45) is 4.13. The largest absolute Gasteiger partial charge is 0.309 e. The molecule has 0 radical (unpaired) electrons. The van der Waals surface area contributed by atoms with E-state index in [1.807, 2.05) is 0 Å². The van der Waals surface area contributed by atoms with Crippen molar-refractivity contribution in [1.82, 2.24) is 0 Å². The monoisotopic (exact) mass is 1030 g/mol. The highest BCUT2D eigenvalue weighted by molar-refractivity contribution is 6.06. The summed E-state index contributed by atoms with van der Waals surface area (Å²) in [4.78, 5) is 2.64. The first-order chi connectivity index (χ1) is 39.0. The molecule has 0 N–H and O–H groups in total. The van der Waals surface area contributed by atoms with Gasteiger partial charge in [-0.3, -0.25) is 0 Å². The molecule has 384 valence electrons. The predicted molar refractivity (Wildman–Crippen MR) is 336 cm³/mol. The lowest BCUT2D eigenvalue weighted by atomic mass is 9.69. The van der Waals surface area contributed by atoms with Gasteiger partial charge in [-0.2, -0.15) is 0 Å². The Morgan fingerprint density at radius 2 is 0.700 bits per heavy atom. The van der Waals surface area contributed by atoms with Gasteiger partial charge in [-0.25, -0.2) is 0 Å². The zero-order valence-corrected chi connectivity index (χ0v) is 46.6. The van der Waals surface area contributed by atoms with E-state index in [-0.39, 0.29) is 16.2 Å². The van der Waals surface area contributed by atoms with Crippen LogP contribution in [0, 0.1) is 0 Å². The number of fused-ring (bicyclic) bond motifs is 19. The molecule has 5 aliphatic rings. The zero-order valence-electron chi connectivity index (χ0n) is 46.6. The average Bonchev–Trinajstić information content (AvgIpc) is 4.17. The van der Waals surface area contributed by atoms with Gasteiger partial charge < -0.3 is 4.90 Å². The van der Waals surface area contributed by atoms with Gasteiger partial charge >= 0.3 is 0 Å². The maximum absolute atomic E-state index is 2.64. The molecule has 0 bridgehead atoms. The molecule has 5 aliphatic carbocycles. The molecule has 1 nitrogen and oxygen atoms in total. The van der Waals surface area contributed by atoms with E-state index in [1.165, 1.54) is 150 Å². The van der Waals surface area contributed by atoms with Crippen molar-refractivity contribution in [3.8, 4) is 89.0 Å². The summed E-state index contributed by atoms with van der Waals surface area (Å²) in [6.45, 7) is 15.0. The predicted octanol–water partition coefficient (Wildman–Crippen LogP) is 20.6. The van der Waals surface area contributed by atoms with Crippen molar-refractivity contribution in [1.29, 1.82) is 0 Å². The molecule has 0 saturated carbocycles. The molecule has 1 heteroatoms. The fourth-order valence-corrected chi connectivity index (χ4v) is 15.9. The van der Waals surface area contributed by atoms with Crippen LogP contribution >= 0.6 is 0 Å². The number of para-hydroxylation sites is 1. The molecule has 11 aromatic carbocycles. The maximum Gasteiger partial charge on any atom is 0.0618 e. The lowest BCUT2D eigenvalue weighted by Gasteiger charge is -2.34. The normalized spacial score (nSPS) is 15.5. The van der Waals surface area contributed by atoms with Crippen molar-refractivity contribution >= 4 is 17.1 Å². The second-order valence-corrected chi connectivity index (χ2v) is 24.9. The first kappa shape index (κ1) is 47.2. The molecule has 80 heavy (non-hydrogen) atoms. The van der Waals surface area contributed by atoms with Gasteiger partial charge in [0.1, 0.15) is 0 Å². The quantitative estimate of drug-likeness (QED) is 0.160. The molecule has 0 amide bonds. The van der Waals surface area contributed by atoms with E-state index in [1.54, 1.807) is 0 Å². The molecule has 0 heterocycles. The van der Waals surface area contributed by atoms with E-state index >= 15 is 0 Å². The maximum atomic E-state index is 2.64. The topological polar surface area (TPSA) is 3.24 Å². The van der Waals surface area contributed by atoms with Crippen LogP contribution in [-0.2, 0) is 41.9 Å². The summed E-state index contributed by atoms with van der Waals surface area (Å²) in [7, 11) is 0. The molecule has 0 aliphatic heterocycles. The summed E-state index contributed by atoms with van der Waals surface area (Å²) >= 11 is 0. The molecular formula is C79H63N. The molecule has 0 saturated heterocycles. The summed E-state index contributed by atoms with van der Waals surface area (Å²) in [5, 5.41) is 0. The number of hydrogen-bond acceptors (Lipinski definition) is 1. The SMILES string of the molecule is CC1(C)c2cc(N(c3ccc4c(c3)C(C)(C)c3c-4c4c(c5c3C(C)(C)c3ccccc3-5)-c3ccccc3CC4)c3c(-c4ccccc4)cccc3-c3ccccc3)ccc2-c2c1cc(-c1ccccc1)c1c2-c2ccccc2CC1. The third-order valence-electron chi connectivity index (χ3n) is 19.6. The second-order valence-electron chi connectivity index (χ2n) is 24.9. The van der Waals surface area contributed by atoms with Crippen LogP contribution in [0.2, 0.25) is 0 Å². The number of anilines is 3. The van der Waals surface area contributed by atoms with Crippen LogP contribution in [0.5, 0.6) is 0 Å². The number of benzene rings is 11. The van der Waals surface area contributed by atoms with Crippen LogP contribution in [0.1, 0.15) is 97.2 Å². The minimum atomic E-state index is -0.309. The number of nitrogens with zero attached hydrogens (tertiary/aromatic N) is 1. The minimum Gasteiger partial charge on any atom is -0.309 e. The third kappa shape index (κ3) is 6.52. The van der Waals surface area contributed by atoms with Crippen molar-refractivity contribution in [2.75, 3.05) is 4.90 Å². The first-order valence-corrected chi connectivity index (χ1v) is 29.1. The molecule has 0 aromatic heterocycles. The van der Waals surface area contributed by atoms with Crippen LogP contribution in [0.25, 0.3) is 89.0 Å². The van der Waals surface area contributed by atoms with Crippen LogP contribution in [0.3, 0.4) is 0 Å². The highest BCUT2D eigenvalue weighted by atomic mass is 15.1. The highest BCUT2D eigenvalue weighted by Gasteiger charge is 2.49. The zero-order chi connectivity index (χ0) is 53.8. The van der Waals surface area contributed by atoms with E-state index in [0.717, 1.165) is 37.1 Å². The number of rotatable bonds is 6. The first-order valence-electron chi connectivity index (χ1n) is 29.1. The molecule has 0 spiro atoms. The Morgan fingerprint density at radius 1 is 0.275 bits per heavy atom. The van der Waals surface area contributed by atoms with Crippen LogP contribution in [0.15, 0.2) is 224 Å². The molecule has 0 fully saturated rings. The smallest absolute Gasteiger partial charge is 0.0618 e. The minimum absolute atomic E-state index is 0.192. The Kier molecular flexibility index (Phi) is 10.1. The molecule has 0 unspecified atom stereocenters. The number of hydrogen-bond donors (Lipinski definition) is 0. The standard InChI is InChI=1S/C79H63N/c1-77(2)66-45-53(40-44-62(66)72-68(77)47-64(50-27-14-9-15-28-50)59-41-37-51-29-16-18-31-55(51)69(59)72)80(76-57(48-23-10-7-11-24-48)34-22-35-58(76)49-25-12-8-13-26-49)54-39-43-61-67(46-54)79(5,6)74-71(61)63-42-38-52-30-17-19-32-56(52)70(63)73-60-33-20-21-36-65(60)78(3,4)75(73)74/h7-36,39-40,43-47H,37-38,41-42H2,1-6H3. The second kappa shape index (κ2) is 17.1. The van der Waals surface area contributed by atoms with Crippen LogP contribution < -0.4 is 4.90 Å². The Morgan fingerprint density at radius 3 is 1.29 bits per heavy atom. The lowest BCUT2D eigenvalue weighted by molar-refractivity contribution is 0.600. The van der Waals surface area contributed by atoms with E-state index in [9.17, 15) is 0 Å². The molecular weight excluding hydrogens is 963 g/mol. The van der Waals surface area contributed by atoms with Crippen molar-refractivity contribution in [2.24, 2.45) is 0 Å². The number of aryl methyl sites for hydroxylation is 2. The Labute approximate surface area is 471 Å². The van der Waals surface area contributed by atoms with Gasteiger partial charge in [-0.05, 0) is 190 Å². The molecule has 11 aromatic rings. The van der Waals surface area contributed by atoms with Crippen molar-refractivity contribution in [3.63, 3.8) is 0 Å². The fraction of sp³-hybridized carbons (Fsp3) is 0.165. The van der Waals surface area contributed by atoms with Gasteiger partial charge in [0, 0.05) is 38.7 Å². The summed E-state index contributed by atoms with van der Waals surface area (Å²) in [5.74, 6) is 0. The Bertz CT molecular complexity index is 4360. The summed E-state index contributed by atoms with van der Waals surface area (Å²) in [5.41, 5.74) is 38.7. The van der Waals surface area contributed by atoms with Gasteiger partial charge in [0.15, 0.2) is 0 Å². The fourth-order valence-electron chi connectivity index (χ4n) is 15.9. The van der Waals surface area contributed by atoms with E-state index in [4.69, 9.17) is 0 Å². The lowest BCUT2D eigenvalue weighted by Crippen LogP contribution is -2.25. The Hall–Kier alpha value is -8.78.